The van der Waals surface area contributed by atoms with Gasteiger partial charge in [-0.3, -0.25) is 0 Å². The first-order valence-electron chi connectivity index (χ1n) is 14.9. The maximum Gasteiger partial charge on any atom is -1.00 e. The summed E-state index contributed by atoms with van der Waals surface area (Å²) in [6.45, 7) is 4.70. The summed E-state index contributed by atoms with van der Waals surface area (Å²) >= 11 is -2.36. The van der Waals surface area contributed by atoms with Crippen molar-refractivity contribution in [1.82, 2.24) is 0 Å². The molecule has 0 saturated carbocycles. The van der Waals surface area contributed by atoms with Crippen LogP contribution in [0.1, 0.15) is 43.4 Å². The molecule has 2 unspecified atom stereocenters. The van der Waals surface area contributed by atoms with E-state index in [9.17, 15) is 0 Å². The van der Waals surface area contributed by atoms with E-state index in [2.05, 4.69) is 147 Å². The van der Waals surface area contributed by atoms with E-state index in [1.165, 1.54) is 77.2 Å². The van der Waals surface area contributed by atoms with Crippen LogP contribution in [0.15, 0.2) is 132 Å². The molecular formula is C41H32Cl2Zr. The molecular weight excluding hydrogens is 655 g/mol. The standard InChI is InChI=1S/2C20H15.CH2.2ClH.Zr/c2*1-14-12-16-8-5-11-19(20(16)13-14)18-10-4-7-15-6-2-3-9-17(15)18;;;;/h2*2-13H,1H3;1H2;2*1H;/q;;;;;+2/p-2. The molecule has 0 nitrogen and oxygen atoms in total. The average Bonchev–Trinajstić information content (AvgIpc) is 3.55. The quantitative estimate of drug-likeness (QED) is 0.245. The van der Waals surface area contributed by atoms with E-state index in [-0.39, 0.29) is 24.8 Å². The Morgan fingerprint density at radius 1 is 0.455 bits per heavy atom. The van der Waals surface area contributed by atoms with Crippen molar-refractivity contribution in [3.05, 3.63) is 155 Å². The van der Waals surface area contributed by atoms with E-state index in [1.807, 2.05) is 0 Å². The third kappa shape index (κ3) is 4.82. The molecule has 44 heavy (non-hydrogen) atoms. The number of rotatable bonds is 4. The third-order valence-electron chi connectivity index (χ3n) is 9.46. The summed E-state index contributed by atoms with van der Waals surface area (Å²) in [6, 6.07) is 44.8. The molecule has 2 aliphatic carbocycles. The Morgan fingerprint density at radius 3 is 1.27 bits per heavy atom. The summed E-state index contributed by atoms with van der Waals surface area (Å²) in [7, 11) is 0. The van der Waals surface area contributed by atoms with Crippen LogP contribution in [-0.4, -0.2) is 4.21 Å². The molecule has 0 amide bonds. The molecule has 0 saturated heterocycles. The van der Waals surface area contributed by atoms with Crippen molar-refractivity contribution < 1.29 is 46.1 Å². The molecule has 8 rings (SSSR count). The predicted molar refractivity (Wildman–Crippen MR) is 179 cm³/mol. The zero-order valence-corrected chi connectivity index (χ0v) is 28.8. The molecule has 0 spiro atoms. The monoisotopic (exact) mass is 684 g/mol. The van der Waals surface area contributed by atoms with Crippen molar-refractivity contribution in [2.24, 2.45) is 0 Å². The Hall–Kier alpha value is -3.35. The van der Waals surface area contributed by atoms with Crippen LogP contribution in [-0.2, 0) is 21.3 Å². The van der Waals surface area contributed by atoms with Gasteiger partial charge in [0.25, 0.3) is 0 Å². The van der Waals surface area contributed by atoms with Gasteiger partial charge in [0.05, 0.1) is 0 Å². The van der Waals surface area contributed by atoms with Gasteiger partial charge >= 0.3 is 257 Å². The Balaban J connectivity index is 0.00000171. The zero-order valence-electron chi connectivity index (χ0n) is 24.8. The maximum absolute atomic E-state index is 5.12. The molecule has 0 aliphatic heterocycles. The number of hydrogen-bond donors (Lipinski definition) is 0. The first-order valence-corrected chi connectivity index (χ1v) is 19.4. The Labute approximate surface area is 280 Å². The van der Waals surface area contributed by atoms with Gasteiger partial charge in [0.1, 0.15) is 0 Å². The molecule has 3 heteroatoms. The van der Waals surface area contributed by atoms with Crippen molar-refractivity contribution >= 4 is 37.9 Å². The molecule has 0 bridgehead atoms. The first kappa shape index (κ1) is 30.7. The molecule has 2 atom stereocenters. The molecule has 0 fully saturated rings. The first-order chi connectivity index (χ1) is 20.6. The summed E-state index contributed by atoms with van der Waals surface area (Å²) in [6.07, 6.45) is 4.95. The minimum absolute atomic E-state index is 0. The van der Waals surface area contributed by atoms with E-state index in [0.29, 0.717) is 7.25 Å². The second-order valence-corrected chi connectivity index (χ2v) is 17.6. The molecule has 0 N–H and O–H groups in total. The van der Waals surface area contributed by atoms with Gasteiger partial charge < -0.3 is 24.8 Å². The van der Waals surface area contributed by atoms with Crippen molar-refractivity contribution in [3.63, 3.8) is 0 Å². The molecule has 6 aromatic rings. The van der Waals surface area contributed by atoms with Crippen molar-refractivity contribution in [3.8, 4) is 22.3 Å². The van der Waals surface area contributed by atoms with Gasteiger partial charge in [-0.1, -0.05) is 0 Å². The summed E-state index contributed by atoms with van der Waals surface area (Å²) < 4.78 is 6.06. The van der Waals surface area contributed by atoms with Gasteiger partial charge in [0.2, 0.25) is 0 Å². The Bertz CT molecular complexity index is 1990. The number of allylic oxidation sites excluding steroid dienone is 2. The molecule has 2 aliphatic rings. The van der Waals surface area contributed by atoms with E-state index < -0.39 is 21.3 Å². The van der Waals surface area contributed by atoms with E-state index in [4.69, 9.17) is 4.21 Å². The van der Waals surface area contributed by atoms with Crippen LogP contribution in [0.5, 0.6) is 0 Å². The summed E-state index contributed by atoms with van der Waals surface area (Å²) in [5, 5.41) is 5.23. The molecule has 0 aromatic heterocycles. The largest absolute Gasteiger partial charge is 1.00 e. The van der Waals surface area contributed by atoms with E-state index >= 15 is 0 Å². The molecule has 214 valence electrons. The maximum atomic E-state index is 5.12. The van der Waals surface area contributed by atoms with Gasteiger partial charge in [-0.15, -0.1) is 0 Å². The number of benzene rings is 6. The number of hydrogen-bond acceptors (Lipinski definition) is 0. The fourth-order valence-corrected chi connectivity index (χ4v) is 15.0. The second kappa shape index (κ2) is 12.2. The van der Waals surface area contributed by atoms with Crippen molar-refractivity contribution in [2.45, 2.75) is 21.1 Å². The average molecular weight is 687 g/mol. The van der Waals surface area contributed by atoms with Crippen molar-refractivity contribution in [2.75, 3.05) is 0 Å². The Morgan fingerprint density at radius 2 is 0.818 bits per heavy atom. The minimum atomic E-state index is -2.36. The SMILES string of the molecule is [CH2]=[Zr+2]([CH]1C(C)=Cc2c(-c3cccc4ccccc34)cccc21)[CH]1C(C)=Cc2c(-c3cccc4ccccc34)cccc21.[Cl-].[Cl-]. The minimum Gasteiger partial charge on any atom is -1.00 e. The fraction of sp³-hybridized carbons (Fsp3) is 0.0976. The second-order valence-electron chi connectivity index (χ2n) is 11.9. The van der Waals surface area contributed by atoms with Gasteiger partial charge in [-0.25, -0.2) is 0 Å². The van der Waals surface area contributed by atoms with E-state index in [1.54, 1.807) is 0 Å². The van der Waals surface area contributed by atoms with Gasteiger partial charge in [0.15, 0.2) is 0 Å². The normalized spacial score (nSPS) is 16.2. The van der Waals surface area contributed by atoms with Gasteiger partial charge in [-0.05, 0) is 0 Å². The summed E-state index contributed by atoms with van der Waals surface area (Å²) in [4.78, 5) is 0. The smallest absolute Gasteiger partial charge is 1.00 e. The van der Waals surface area contributed by atoms with Gasteiger partial charge in [0, 0.05) is 0 Å². The van der Waals surface area contributed by atoms with Crippen LogP contribution >= 0.6 is 0 Å². The topological polar surface area (TPSA) is 0 Å². The molecule has 0 heterocycles. The number of fused-ring (bicyclic) bond motifs is 4. The van der Waals surface area contributed by atoms with Crippen LogP contribution in [0.2, 0.25) is 0 Å². The number of halogens is 2. The molecule has 0 radical (unpaired) electrons. The van der Waals surface area contributed by atoms with Crippen molar-refractivity contribution in [1.29, 1.82) is 0 Å². The predicted octanol–water partition coefficient (Wildman–Crippen LogP) is 5.00. The van der Waals surface area contributed by atoms with Crippen LogP contribution in [0.25, 0.3) is 56.0 Å². The van der Waals surface area contributed by atoms with Crippen LogP contribution in [0.3, 0.4) is 0 Å². The van der Waals surface area contributed by atoms with Gasteiger partial charge in [-0.2, -0.15) is 0 Å². The van der Waals surface area contributed by atoms with Crippen LogP contribution < -0.4 is 24.8 Å². The van der Waals surface area contributed by atoms with Crippen LogP contribution in [0, 0.1) is 0 Å². The van der Waals surface area contributed by atoms with E-state index in [0.717, 1.165) is 0 Å². The summed E-state index contributed by atoms with van der Waals surface area (Å²) in [5.41, 5.74) is 14.1. The Kier molecular flexibility index (Phi) is 8.51. The van der Waals surface area contributed by atoms with Crippen LogP contribution in [0.4, 0.5) is 0 Å². The molecule has 6 aromatic carbocycles. The summed E-state index contributed by atoms with van der Waals surface area (Å²) in [5.74, 6) is 0. The fourth-order valence-electron chi connectivity index (χ4n) is 7.65. The zero-order chi connectivity index (χ0) is 28.4. The third-order valence-corrected chi connectivity index (χ3v) is 16.9.